The molecule has 12 heteroatoms. The number of carbonyl (C=O) groups is 5. The predicted molar refractivity (Wildman–Crippen MR) is 143 cm³/mol. The Hall–Kier alpha value is -2.99. The van der Waals surface area contributed by atoms with Gasteiger partial charge in [0.05, 0.1) is 18.0 Å². The summed E-state index contributed by atoms with van der Waals surface area (Å²) in [5.74, 6) is -3.33. The van der Waals surface area contributed by atoms with Crippen molar-refractivity contribution < 1.29 is 82.7 Å². The Bertz CT molecular complexity index is 862. The molecule has 1 N–H and O–H groups in total. The van der Waals surface area contributed by atoms with E-state index in [2.05, 4.69) is 37.6 Å². The number of aliphatic hydroxyl groups is 1. The number of carboxylic acid groups (broad SMARTS) is 1. The number of aliphatic carboxylic acids is 1. The van der Waals surface area contributed by atoms with Crippen LogP contribution in [0.3, 0.4) is 0 Å². The number of ether oxygens (including phenoxy) is 4. The molecule has 0 saturated heterocycles. The molecule has 0 radical (unpaired) electrons. The zero-order valence-corrected chi connectivity index (χ0v) is 26.8. The fraction of sp³-hybridized carbons (Fsp3) is 0.464. The summed E-state index contributed by atoms with van der Waals surface area (Å²) in [6.45, 7) is 26.0. The van der Waals surface area contributed by atoms with E-state index in [0.717, 1.165) is 0 Å². The second-order valence-corrected chi connectivity index (χ2v) is 8.63. The van der Waals surface area contributed by atoms with Crippen LogP contribution in [-0.4, -0.2) is 68.0 Å². The molecule has 0 spiro atoms. The summed E-state index contributed by atoms with van der Waals surface area (Å²) in [4.78, 5) is 54.9. The fourth-order valence-electron chi connectivity index (χ4n) is 1.72. The van der Waals surface area contributed by atoms with Crippen LogP contribution in [0, 0.1) is 5.41 Å². The van der Waals surface area contributed by atoms with E-state index in [1.54, 1.807) is 6.92 Å². The van der Waals surface area contributed by atoms with E-state index in [1.807, 2.05) is 6.92 Å². The third kappa shape index (κ3) is 22.9. The summed E-state index contributed by atoms with van der Waals surface area (Å²) in [7, 11) is 0. The van der Waals surface area contributed by atoms with Crippen LogP contribution in [0.4, 0.5) is 0 Å². The summed E-state index contributed by atoms with van der Waals surface area (Å²) in [6.07, 6.45) is 0.448. The van der Waals surface area contributed by atoms with Gasteiger partial charge in [-0.05, 0) is 46.6 Å². The molecule has 11 nitrogen and oxygen atoms in total. The maximum atomic E-state index is 11.6. The maximum absolute atomic E-state index is 11.6. The Labute approximate surface area is 258 Å². The Morgan fingerprint density at radius 1 is 0.625 bits per heavy atom. The quantitative estimate of drug-likeness (QED) is 0.119. The Balaban J connectivity index is -0.000000332. The summed E-state index contributed by atoms with van der Waals surface area (Å²) >= 11 is 0. The standard InChI is InChI=1S/C18H26O6.C6H10O3.C4H6O2.Na/c1-8-18(9-22-15(19)12(2)3,10-23-16(20)13(4)5)11-24-17(21)14(6)7;1-5(2)6(8)9-4-3-7;1-3(2)4(5)6;/h2,4,6,8-11H2,1,3,5,7H3;7H,1,3-4H2,2H3;1H2,2H3,(H,5,6);/q;;;+1/p-1. The SMILES string of the molecule is C=C(C)C(=O)OCC(CC)(COC(=O)C(=C)C)COC(=O)C(=C)C.C=C(C)C(=O)OCCO.C=C(C)C(=O)[O-].[Na+]. The fourth-order valence-corrected chi connectivity index (χ4v) is 1.72. The van der Waals surface area contributed by atoms with Gasteiger partial charge in [0, 0.05) is 22.3 Å². The molecule has 40 heavy (non-hydrogen) atoms. The Morgan fingerprint density at radius 3 is 1.05 bits per heavy atom. The van der Waals surface area contributed by atoms with Gasteiger partial charge in [0.2, 0.25) is 0 Å². The van der Waals surface area contributed by atoms with E-state index in [9.17, 15) is 29.1 Å². The third-order valence-corrected chi connectivity index (χ3v) is 4.35. The first-order valence-corrected chi connectivity index (χ1v) is 11.7. The van der Waals surface area contributed by atoms with Crippen LogP contribution < -0.4 is 34.7 Å². The minimum absolute atomic E-state index is 0. The van der Waals surface area contributed by atoms with Gasteiger partial charge in [-0.1, -0.05) is 39.8 Å². The van der Waals surface area contributed by atoms with Gasteiger partial charge in [-0.2, -0.15) is 0 Å². The van der Waals surface area contributed by atoms with E-state index in [-0.39, 0.29) is 84.9 Å². The topological polar surface area (TPSA) is 166 Å². The monoisotopic (exact) mass is 576 g/mol. The van der Waals surface area contributed by atoms with E-state index in [4.69, 9.17) is 19.3 Å². The zero-order valence-electron chi connectivity index (χ0n) is 24.8. The molecule has 0 aromatic rings. The van der Waals surface area contributed by atoms with Crippen LogP contribution >= 0.6 is 0 Å². The van der Waals surface area contributed by atoms with Crippen molar-refractivity contribution in [3.05, 3.63) is 60.8 Å². The van der Waals surface area contributed by atoms with Crippen LogP contribution in [0.1, 0.15) is 48.0 Å². The molecule has 0 rings (SSSR count). The van der Waals surface area contributed by atoms with Gasteiger partial charge in [0.15, 0.2) is 0 Å². The Morgan fingerprint density at radius 2 is 0.875 bits per heavy atom. The molecule has 0 heterocycles. The van der Waals surface area contributed by atoms with Gasteiger partial charge >= 0.3 is 53.4 Å². The van der Waals surface area contributed by atoms with E-state index in [1.165, 1.54) is 27.7 Å². The number of hydrogen-bond acceptors (Lipinski definition) is 11. The number of carboxylic acids is 1. The molecule has 0 unspecified atom stereocenters. The van der Waals surface area contributed by atoms with Crippen molar-refractivity contribution in [2.24, 2.45) is 5.41 Å². The first-order valence-electron chi connectivity index (χ1n) is 11.7. The molecule has 0 aliphatic carbocycles. The minimum atomic E-state index is -1.19. The summed E-state index contributed by atoms with van der Waals surface area (Å²) in [6, 6.07) is 0. The van der Waals surface area contributed by atoms with E-state index < -0.39 is 35.3 Å². The number of esters is 4. The van der Waals surface area contributed by atoms with Crippen LogP contribution in [0.25, 0.3) is 0 Å². The third-order valence-electron chi connectivity index (χ3n) is 4.35. The van der Waals surface area contributed by atoms with E-state index in [0.29, 0.717) is 12.0 Å². The molecule has 220 valence electrons. The number of rotatable bonds is 14. The average molecular weight is 577 g/mol. The molecule has 0 atom stereocenters. The van der Waals surface area contributed by atoms with Crippen LogP contribution in [0.2, 0.25) is 0 Å². The Kier molecular flexibility index (Phi) is 26.3. The molecule has 0 bridgehead atoms. The van der Waals surface area contributed by atoms with Crippen molar-refractivity contribution in [1.29, 1.82) is 0 Å². The number of carbonyl (C=O) groups excluding carboxylic acids is 5. The summed E-state index contributed by atoms with van der Waals surface area (Å²) in [5.41, 5.74) is 0.300. The zero-order chi connectivity index (χ0) is 31.3. The molecular formula is C28H41NaO11. The largest absolute Gasteiger partial charge is 1.00 e. The molecule has 0 amide bonds. The number of aliphatic hydroxyl groups excluding tert-OH is 1. The molecule has 0 aliphatic heterocycles. The maximum Gasteiger partial charge on any atom is 1.00 e. The molecule has 0 fully saturated rings. The molecule has 0 saturated carbocycles. The minimum Gasteiger partial charge on any atom is -0.545 e. The molecular weight excluding hydrogens is 535 g/mol. The molecule has 0 aromatic heterocycles. The van der Waals surface area contributed by atoms with Crippen molar-refractivity contribution in [3.63, 3.8) is 0 Å². The number of hydrogen-bond donors (Lipinski definition) is 1. The first kappa shape index (κ1) is 44.0. The van der Waals surface area contributed by atoms with Gasteiger partial charge < -0.3 is 34.0 Å². The summed E-state index contributed by atoms with van der Waals surface area (Å²) < 4.78 is 20.0. The normalized spacial score (nSPS) is 9.38. The van der Waals surface area contributed by atoms with Crippen molar-refractivity contribution in [2.45, 2.75) is 48.0 Å². The van der Waals surface area contributed by atoms with E-state index >= 15 is 0 Å². The summed E-state index contributed by atoms with van der Waals surface area (Å²) in [5, 5.41) is 17.7. The van der Waals surface area contributed by atoms with Gasteiger partial charge in [-0.15, -0.1) is 0 Å². The average Bonchev–Trinajstić information content (AvgIpc) is 2.86. The van der Waals surface area contributed by atoms with Crippen molar-refractivity contribution in [3.8, 4) is 0 Å². The van der Waals surface area contributed by atoms with Crippen LogP contribution in [0.5, 0.6) is 0 Å². The second kappa shape index (κ2) is 23.9. The molecule has 0 aromatic carbocycles. The van der Waals surface area contributed by atoms with Gasteiger partial charge in [0.1, 0.15) is 26.4 Å². The first-order chi connectivity index (χ1) is 17.9. The van der Waals surface area contributed by atoms with Gasteiger partial charge in [-0.3, -0.25) is 0 Å². The van der Waals surface area contributed by atoms with Gasteiger partial charge in [0.25, 0.3) is 0 Å². The molecule has 0 aliphatic rings. The van der Waals surface area contributed by atoms with Gasteiger partial charge in [-0.25, -0.2) is 19.2 Å². The predicted octanol–water partition coefficient (Wildman–Crippen LogP) is -0.845. The second-order valence-electron chi connectivity index (χ2n) is 8.63. The van der Waals surface area contributed by atoms with Crippen LogP contribution in [0.15, 0.2) is 60.8 Å². The smallest absolute Gasteiger partial charge is 0.545 e. The van der Waals surface area contributed by atoms with Crippen molar-refractivity contribution in [2.75, 3.05) is 33.0 Å². The van der Waals surface area contributed by atoms with Crippen LogP contribution in [-0.2, 0) is 42.9 Å². The van der Waals surface area contributed by atoms with Crippen molar-refractivity contribution >= 4 is 29.8 Å². The van der Waals surface area contributed by atoms with Crippen molar-refractivity contribution in [1.82, 2.24) is 0 Å².